The molecule has 0 heterocycles. The van der Waals surface area contributed by atoms with Gasteiger partial charge < -0.3 is 14.8 Å². The fourth-order valence-electron chi connectivity index (χ4n) is 2.18. The lowest BCUT2D eigenvalue weighted by molar-refractivity contribution is 0.217. The molecule has 3 heteroatoms. The molecule has 0 saturated carbocycles. The van der Waals surface area contributed by atoms with Gasteiger partial charge in [-0.05, 0) is 63.1 Å². The van der Waals surface area contributed by atoms with Crippen molar-refractivity contribution in [2.24, 2.45) is 0 Å². The van der Waals surface area contributed by atoms with Crippen LogP contribution in [0.5, 0.6) is 11.5 Å². The van der Waals surface area contributed by atoms with Gasteiger partial charge >= 0.3 is 0 Å². The van der Waals surface area contributed by atoms with Crippen LogP contribution in [0, 0.1) is 6.92 Å². The summed E-state index contributed by atoms with van der Waals surface area (Å²) < 4.78 is 11.8. The minimum Gasteiger partial charge on any atom is -0.491 e. The number of rotatable bonds is 8. The number of anilines is 1. The maximum Gasteiger partial charge on any atom is 0.122 e. The van der Waals surface area contributed by atoms with Gasteiger partial charge in [-0.15, -0.1) is 0 Å². The van der Waals surface area contributed by atoms with Crippen molar-refractivity contribution in [1.29, 1.82) is 0 Å². The molecule has 0 saturated heterocycles. The van der Waals surface area contributed by atoms with Crippen molar-refractivity contribution < 1.29 is 9.47 Å². The number of aryl methyl sites for hydroxylation is 1. The Morgan fingerprint density at radius 2 is 1.61 bits per heavy atom. The molecule has 2 aromatic carbocycles. The van der Waals surface area contributed by atoms with Gasteiger partial charge in [0.25, 0.3) is 0 Å². The van der Waals surface area contributed by atoms with Gasteiger partial charge in [-0.2, -0.15) is 0 Å². The molecule has 3 nitrogen and oxygen atoms in total. The van der Waals surface area contributed by atoms with E-state index in [1.807, 2.05) is 42.5 Å². The van der Waals surface area contributed by atoms with Crippen molar-refractivity contribution in [3.8, 4) is 11.5 Å². The molecule has 2 rings (SSSR count). The summed E-state index contributed by atoms with van der Waals surface area (Å²) in [6.45, 7) is 9.08. The van der Waals surface area contributed by atoms with Crippen molar-refractivity contribution >= 4 is 5.69 Å². The molecule has 0 fully saturated rings. The maximum absolute atomic E-state index is 5.97. The Morgan fingerprint density at radius 3 is 2.26 bits per heavy atom. The van der Waals surface area contributed by atoms with Gasteiger partial charge in [0.15, 0.2) is 0 Å². The summed E-state index contributed by atoms with van der Waals surface area (Å²) >= 11 is 0. The van der Waals surface area contributed by atoms with Crippen LogP contribution in [-0.4, -0.2) is 18.8 Å². The second-order valence-electron chi connectivity index (χ2n) is 5.94. The third-order valence-electron chi connectivity index (χ3n) is 3.78. The van der Waals surface area contributed by atoms with Gasteiger partial charge in [0.05, 0.1) is 12.6 Å². The molecule has 0 aliphatic heterocycles. The smallest absolute Gasteiger partial charge is 0.122 e. The molecule has 0 aliphatic carbocycles. The predicted octanol–water partition coefficient (Wildman–Crippen LogP) is 5.05. The molecule has 0 aromatic heterocycles. The molecule has 2 unspecified atom stereocenters. The number of hydrogen-bond acceptors (Lipinski definition) is 3. The highest BCUT2D eigenvalue weighted by molar-refractivity contribution is 5.46. The van der Waals surface area contributed by atoms with E-state index < -0.39 is 0 Å². The third kappa shape index (κ3) is 5.51. The highest BCUT2D eigenvalue weighted by atomic mass is 16.5. The Balaban J connectivity index is 1.82. The van der Waals surface area contributed by atoms with Crippen LogP contribution in [0.25, 0.3) is 0 Å². The topological polar surface area (TPSA) is 30.5 Å². The second kappa shape index (κ2) is 8.47. The van der Waals surface area contributed by atoms with Crippen LogP contribution >= 0.6 is 0 Å². The van der Waals surface area contributed by atoms with E-state index in [9.17, 15) is 0 Å². The van der Waals surface area contributed by atoms with Gasteiger partial charge in [-0.3, -0.25) is 0 Å². The zero-order valence-electron chi connectivity index (χ0n) is 14.5. The summed E-state index contributed by atoms with van der Waals surface area (Å²) in [6.07, 6.45) is 1.34. The molecule has 0 bridgehead atoms. The first-order chi connectivity index (χ1) is 11.1. The van der Waals surface area contributed by atoms with E-state index in [4.69, 9.17) is 9.47 Å². The number of nitrogens with one attached hydrogen (secondary N) is 1. The molecular formula is C20H27NO2. The van der Waals surface area contributed by atoms with Gasteiger partial charge in [0.2, 0.25) is 0 Å². The van der Waals surface area contributed by atoms with Crippen molar-refractivity contribution in [3.05, 3.63) is 54.1 Å². The number of benzene rings is 2. The van der Waals surface area contributed by atoms with Crippen LogP contribution in [0.2, 0.25) is 0 Å². The molecule has 2 aromatic rings. The highest BCUT2D eigenvalue weighted by Crippen LogP contribution is 2.19. The number of para-hydroxylation sites is 1. The summed E-state index contributed by atoms with van der Waals surface area (Å²) in [5, 5.41) is 3.40. The fourth-order valence-corrected chi connectivity index (χ4v) is 2.18. The maximum atomic E-state index is 5.97. The van der Waals surface area contributed by atoms with E-state index in [0.717, 1.165) is 35.7 Å². The highest BCUT2D eigenvalue weighted by Gasteiger charge is 2.06. The van der Waals surface area contributed by atoms with Gasteiger partial charge in [-0.1, -0.05) is 25.1 Å². The minimum absolute atomic E-state index is 0.0899. The molecule has 0 aliphatic rings. The van der Waals surface area contributed by atoms with Gasteiger partial charge in [-0.25, -0.2) is 0 Å². The molecule has 124 valence electrons. The molecule has 2 atom stereocenters. The van der Waals surface area contributed by atoms with E-state index in [0.29, 0.717) is 0 Å². The SMILES string of the molecule is CCC(C)Oc1ccc(NCC(C)Oc2ccccc2C)cc1. The molecule has 1 N–H and O–H groups in total. The Morgan fingerprint density at radius 1 is 0.913 bits per heavy atom. The Kier molecular flexibility index (Phi) is 6.33. The van der Waals surface area contributed by atoms with Crippen LogP contribution in [0.15, 0.2) is 48.5 Å². The second-order valence-corrected chi connectivity index (χ2v) is 5.94. The van der Waals surface area contributed by atoms with Crippen LogP contribution in [0.3, 0.4) is 0 Å². The minimum atomic E-state index is 0.0899. The Bertz CT molecular complexity index is 595. The fraction of sp³-hybridized carbons (Fsp3) is 0.400. The average Bonchev–Trinajstić information content (AvgIpc) is 2.56. The first-order valence-corrected chi connectivity index (χ1v) is 8.31. The van der Waals surface area contributed by atoms with Gasteiger partial charge in [0, 0.05) is 5.69 Å². The zero-order chi connectivity index (χ0) is 16.7. The summed E-state index contributed by atoms with van der Waals surface area (Å²) in [5.74, 6) is 1.85. The summed E-state index contributed by atoms with van der Waals surface area (Å²) in [6, 6.07) is 16.2. The standard InChI is InChI=1S/C20H27NO2/c1-5-16(3)22-19-12-10-18(11-13-19)21-14-17(4)23-20-9-7-6-8-15(20)2/h6-13,16-17,21H,5,14H2,1-4H3. The van der Waals surface area contributed by atoms with Crippen molar-refractivity contribution in [2.75, 3.05) is 11.9 Å². The normalized spacial score (nSPS) is 13.2. The summed E-state index contributed by atoms with van der Waals surface area (Å²) in [5.41, 5.74) is 2.23. The quantitative estimate of drug-likeness (QED) is 0.739. The largest absolute Gasteiger partial charge is 0.491 e. The Hall–Kier alpha value is -2.16. The van der Waals surface area contributed by atoms with Crippen LogP contribution in [-0.2, 0) is 0 Å². The van der Waals surface area contributed by atoms with Crippen molar-refractivity contribution in [3.63, 3.8) is 0 Å². The predicted molar refractivity (Wildman–Crippen MR) is 96.6 cm³/mol. The molecule has 0 spiro atoms. The lowest BCUT2D eigenvalue weighted by Crippen LogP contribution is -2.23. The first-order valence-electron chi connectivity index (χ1n) is 8.31. The van der Waals surface area contributed by atoms with E-state index in [1.165, 1.54) is 0 Å². The monoisotopic (exact) mass is 313 g/mol. The van der Waals surface area contributed by atoms with E-state index in [2.05, 4.69) is 39.1 Å². The lowest BCUT2D eigenvalue weighted by Gasteiger charge is -2.18. The number of hydrogen-bond donors (Lipinski definition) is 1. The van der Waals surface area contributed by atoms with E-state index in [-0.39, 0.29) is 12.2 Å². The molecule has 23 heavy (non-hydrogen) atoms. The Labute approximate surface area is 139 Å². The van der Waals surface area contributed by atoms with E-state index in [1.54, 1.807) is 0 Å². The van der Waals surface area contributed by atoms with Crippen LogP contribution in [0.1, 0.15) is 32.8 Å². The first kappa shape index (κ1) is 17.2. The van der Waals surface area contributed by atoms with Crippen LogP contribution in [0.4, 0.5) is 5.69 Å². The summed E-state index contributed by atoms with van der Waals surface area (Å²) in [4.78, 5) is 0. The third-order valence-corrected chi connectivity index (χ3v) is 3.78. The molecule has 0 radical (unpaired) electrons. The van der Waals surface area contributed by atoms with Gasteiger partial charge in [0.1, 0.15) is 17.6 Å². The van der Waals surface area contributed by atoms with E-state index >= 15 is 0 Å². The van der Waals surface area contributed by atoms with Crippen molar-refractivity contribution in [1.82, 2.24) is 0 Å². The van der Waals surface area contributed by atoms with Crippen LogP contribution < -0.4 is 14.8 Å². The zero-order valence-corrected chi connectivity index (χ0v) is 14.5. The molecular weight excluding hydrogens is 286 g/mol. The van der Waals surface area contributed by atoms with Crippen molar-refractivity contribution in [2.45, 2.75) is 46.3 Å². The number of ether oxygens (including phenoxy) is 2. The summed E-state index contributed by atoms with van der Waals surface area (Å²) in [7, 11) is 0. The molecule has 0 amide bonds. The lowest BCUT2D eigenvalue weighted by atomic mass is 10.2. The average molecular weight is 313 g/mol.